The topological polar surface area (TPSA) is 56.5 Å². The molecule has 3 aromatic heterocycles. The van der Waals surface area contributed by atoms with E-state index in [4.69, 9.17) is 21.8 Å². The van der Waals surface area contributed by atoms with Crippen molar-refractivity contribution in [3.63, 3.8) is 0 Å². The van der Waals surface area contributed by atoms with Crippen molar-refractivity contribution in [1.82, 2.24) is 9.38 Å². The molecule has 0 bridgehead atoms. The lowest BCUT2D eigenvalue weighted by molar-refractivity contribution is 0.547. The van der Waals surface area contributed by atoms with Crippen molar-refractivity contribution in [3.8, 4) is 11.5 Å². The number of rotatable bonds is 1. The number of pyridine rings is 1. The Morgan fingerprint density at radius 3 is 2.82 bits per heavy atom. The number of fused-ring (bicyclic) bond motifs is 1. The van der Waals surface area contributed by atoms with Crippen LogP contribution in [0, 0.1) is 6.92 Å². The standard InChI is InChI=1S/C12H10ClN3O/c1-7-4-5-9(17-7)10-11(14)16-6-2-3-8(13)12(16)15-10/h2-6H,14H2,1H3. The summed E-state index contributed by atoms with van der Waals surface area (Å²) in [7, 11) is 0. The molecule has 17 heavy (non-hydrogen) atoms. The van der Waals surface area contributed by atoms with Crippen molar-refractivity contribution in [2.45, 2.75) is 6.92 Å². The zero-order valence-electron chi connectivity index (χ0n) is 9.14. The summed E-state index contributed by atoms with van der Waals surface area (Å²) in [6, 6.07) is 7.33. The van der Waals surface area contributed by atoms with Crippen molar-refractivity contribution >= 4 is 23.1 Å². The number of nitrogens with zero attached hydrogens (tertiary/aromatic N) is 2. The largest absolute Gasteiger partial charge is 0.460 e. The smallest absolute Gasteiger partial charge is 0.158 e. The summed E-state index contributed by atoms with van der Waals surface area (Å²) in [4.78, 5) is 4.41. The third-order valence-corrected chi connectivity index (χ3v) is 2.91. The maximum absolute atomic E-state index is 6.07. The van der Waals surface area contributed by atoms with E-state index in [9.17, 15) is 0 Å². The molecule has 4 nitrogen and oxygen atoms in total. The average molecular weight is 248 g/mol. The highest BCUT2D eigenvalue weighted by Gasteiger charge is 2.15. The molecule has 2 N–H and O–H groups in total. The molecule has 0 aliphatic carbocycles. The van der Waals surface area contributed by atoms with Gasteiger partial charge in [0.15, 0.2) is 11.4 Å². The highest BCUT2D eigenvalue weighted by atomic mass is 35.5. The Morgan fingerprint density at radius 1 is 1.35 bits per heavy atom. The van der Waals surface area contributed by atoms with Gasteiger partial charge in [-0.1, -0.05) is 11.6 Å². The monoisotopic (exact) mass is 247 g/mol. The second kappa shape index (κ2) is 3.53. The molecule has 0 atom stereocenters. The van der Waals surface area contributed by atoms with Gasteiger partial charge in [-0.25, -0.2) is 4.98 Å². The van der Waals surface area contributed by atoms with Crippen LogP contribution in [0.1, 0.15) is 5.76 Å². The van der Waals surface area contributed by atoms with Gasteiger partial charge in [-0.3, -0.25) is 4.40 Å². The van der Waals surface area contributed by atoms with E-state index in [0.717, 1.165) is 5.76 Å². The van der Waals surface area contributed by atoms with Crippen LogP contribution in [0.2, 0.25) is 5.02 Å². The number of nitrogen functional groups attached to an aromatic ring is 1. The molecule has 0 unspecified atom stereocenters. The third kappa shape index (κ3) is 1.49. The predicted octanol–water partition coefficient (Wildman–Crippen LogP) is 3.14. The molecule has 0 radical (unpaired) electrons. The first-order chi connectivity index (χ1) is 8.16. The van der Waals surface area contributed by atoms with E-state index in [-0.39, 0.29) is 0 Å². The molecular weight excluding hydrogens is 238 g/mol. The van der Waals surface area contributed by atoms with E-state index in [0.29, 0.717) is 27.9 Å². The first kappa shape index (κ1) is 10.2. The van der Waals surface area contributed by atoms with Gasteiger partial charge in [-0.2, -0.15) is 0 Å². The highest BCUT2D eigenvalue weighted by molar-refractivity contribution is 6.33. The fourth-order valence-corrected chi connectivity index (χ4v) is 2.00. The summed E-state index contributed by atoms with van der Waals surface area (Å²) in [6.07, 6.45) is 1.82. The summed E-state index contributed by atoms with van der Waals surface area (Å²) in [5.74, 6) is 2.00. The molecule has 3 rings (SSSR count). The van der Waals surface area contributed by atoms with E-state index in [1.807, 2.05) is 31.3 Å². The zero-order chi connectivity index (χ0) is 12.0. The maximum atomic E-state index is 6.07. The van der Waals surface area contributed by atoms with Crippen LogP contribution in [-0.4, -0.2) is 9.38 Å². The minimum atomic E-state index is 0.525. The third-order valence-electron chi connectivity index (χ3n) is 2.61. The Balaban J connectivity index is 2.31. The summed E-state index contributed by atoms with van der Waals surface area (Å²) in [5, 5.41) is 0.564. The molecule has 86 valence electrons. The fourth-order valence-electron chi connectivity index (χ4n) is 1.80. The van der Waals surface area contributed by atoms with E-state index in [1.54, 1.807) is 10.5 Å². The number of imidazole rings is 1. The predicted molar refractivity (Wildman–Crippen MR) is 67.1 cm³/mol. The molecule has 0 spiro atoms. The van der Waals surface area contributed by atoms with Crippen molar-refractivity contribution in [1.29, 1.82) is 0 Å². The van der Waals surface area contributed by atoms with Crippen LogP contribution in [0.5, 0.6) is 0 Å². The van der Waals surface area contributed by atoms with E-state index in [1.165, 1.54) is 0 Å². The lowest BCUT2D eigenvalue weighted by Crippen LogP contribution is -1.93. The molecule has 5 heteroatoms. The van der Waals surface area contributed by atoms with Crippen LogP contribution in [-0.2, 0) is 0 Å². The summed E-state index contributed by atoms with van der Waals surface area (Å²) >= 11 is 6.07. The Labute approximate surface area is 103 Å². The highest BCUT2D eigenvalue weighted by Crippen LogP contribution is 2.30. The normalized spacial score (nSPS) is 11.2. The van der Waals surface area contributed by atoms with Crippen molar-refractivity contribution in [2.24, 2.45) is 0 Å². The number of hydrogen-bond acceptors (Lipinski definition) is 3. The van der Waals surface area contributed by atoms with Gasteiger partial charge in [0.25, 0.3) is 0 Å². The van der Waals surface area contributed by atoms with Gasteiger partial charge in [0, 0.05) is 6.20 Å². The van der Waals surface area contributed by atoms with E-state index >= 15 is 0 Å². The summed E-state index contributed by atoms with van der Waals surface area (Å²) in [5.41, 5.74) is 7.28. The Hall–Kier alpha value is -1.94. The quantitative estimate of drug-likeness (QED) is 0.719. The lowest BCUT2D eigenvalue weighted by atomic mass is 10.3. The second-order valence-corrected chi connectivity index (χ2v) is 4.21. The van der Waals surface area contributed by atoms with Gasteiger partial charge in [-0.05, 0) is 31.2 Å². The Bertz CT molecular complexity index is 699. The minimum Gasteiger partial charge on any atom is -0.460 e. The van der Waals surface area contributed by atoms with E-state index < -0.39 is 0 Å². The molecule has 3 aromatic rings. The van der Waals surface area contributed by atoms with Gasteiger partial charge in [0.1, 0.15) is 17.3 Å². The van der Waals surface area contributed by atoms with Crippen LogP contribution >= 0.6 is 11.6 Å². The van der Waals surface area contributed by atoms with Crippen molar-refractivity contribution in [3.05, 3.63) is 41.2 Å². The van der Waals surface area contributed by atoms with Gasteiger partial charge in [0.2, 0.25) is 0 Å². The number of nitrogens with two attached hydrogens (primary N) is 1. The molecule has 3 heterocycles. The van der Waals surface area contributed by atoms with Gasteiger partial charge >= 0.3 is 0 Å². The lowest BCUT2D eigenvalue weighted by Gasteiger charge is -1.96. The van der Waals surface area contributed by atoms with Gasteiger partial charge < -0.3 is 10.2 Å². The maximum Gasteiger partial charge on any atom is 0.158 e. The minimum absolute atomic E-state index is 0.525. The first-order valence-electron chi connectivity index (χ1n) is 5.15. The van der Waals surface area contributed by atoms with E-state index in [2.05, 4.69) is 4.98 Å². The van der Waals surface area contributed by atoms with Gasteiger partial charge in [0.05, 0.1) is 5.02 Å². The number of aromatic nitrogens is 2. The first-order valence-corrected chi connectivity index (χ1v) is 5.53. The number of furan rings is 1. The van der Waals surface area contributed by atoms with Crippen LogP contribution in [0.4, 0.5) is 5.82 Å². The SMILES string of the molecule is Cc1ccc(-c2nc3c(Cl)cccn3c2N)o1. The molecule has 0 fully saturated rings. The van der Waals surface area contributed by atoms with Gasteiger partial charge in [-0.15, -0.1) is 0 Å². The summed E-state index contributed by atoms with van der Waals surface area (Å²) < 4.78 is 7.27. The second-order valence-electron chi connectivity index (χ2n) is 3.81. The number of aryl methyl sites for hydroxylation is 1. The molecule has 0 saturated carbocycles. The van der Waals surface area contributed by atoms with Crippen molar-refractivity contribution in [2.75, 3.05) is 5.73 Å². The fraction of sp³-hybridized carbons (Fsp3) is 0.0833. The molecule has 0 aromatic carbocycles. The number of hydrogen-bond donors (Lipinski definition) is 1. The van der Waals surface area contributed by atoms with Crippen LogP contribution in [0.25, 0.3) is 17.1 Å². The molecule has 0 aliphatic rings. The Kier molecular flexibility index (Phi) is 2.12. The molecule has 0 saturated heterocycles. The summed E-state index contributed by atoms with van der Waals surface area (Å²) in [6.45, 7) is 1.88. The number of anilines is 1. The van der Waals surface area contributed by atoms with Crippen molar-refractivity contribution < 1.29 is 4.42 Å². The average Bonchev–Trinajstić information content (AvgIpc) is 2.85. The van der Waals surface area contributed by atoms with Crippen LogP contribution in [0.3, 0.4) is 0 Å². The van der Waals surface area contributed by atoms with Crippen LogP contribution in [0.15, 0.2) is 34.9 Å². The number of halogens is 1. The molecular formula is C12H10ClN3O. The van der Waals surface area contributed by atoms with Crippen LogP contribution < -0.4 is 5.73 Å². The Morgan fingerprint density at radius 2 is 2.18 bits per heavy atom. The zero-order valence-corrected chi connectivity index (χ0v) is 9.90. The molecule has 0 amide bonds. The molecule has 0 aliphatic heterocycles.